The smallest absolute Gasteiger partial charge is 0.0417 e. The predicted octanol–water partition coefficient (Wildman–Crippen LogP) is 6.24. The van der Waals surface area contributed by atoms with Crippen molar-refractivity contribution in [3.8, 4) is 0 Å². The van der Waals surface area contributed by atoms with Crippen LogP contribution in [0.1, 0.15) is 88.1 Å². The van der Waals surface area contributed by atoms with Gasteiger partial charge in [0, 0.05) is 10.9 Å². The summed E-state index contributed by atoms with van der Waals surface area (Å²) in [6.07, 6.45) is 12.3. The van der Waals surface area contributed by atoms with Crippen LogP contribution >= 0.6 is 11.3 Å². The lowest BCUT2D eigenvalue weighted by molar-refractivity contribution is 0.469. The van der Waals surface area contributed by atoms with Crippen LogP contribution in [0.5, 0.6) is 0 Å². The van der Waals surface area contributed by atoms with Gasteiger partial charge in [-0.15, -0.1) is 11.3 Å². The molecule has 0 aliphatic carbocycles. The monoisotopic (exact) mass is 295 g/mol. The van der Waals surface area contributed by atoms with Crippen molar-refractivity contribution in [1.29, 1.82) is 0 Å². The van der Waals surface area contributed by atoms with Gasteiger partial charge < -0.3 is 5.32 Å². The molecule has 116 valence electrons. The van der Waals surface area contributed by atoms with E-state index in [0.29, 0.717) is 6.04 Å². The van der Waals surface area contributed by atoms with E-state index in [4.69, 9.17) is 0 Å². The molecule has 0 aliphatic rings. The number of unbranched alkanes of at least 4 members (excludes halogenated alkanes) is 6. The summed E-state index contributed by atoms with van der Waals surface area (Å²) in [4.78, 5) is 1.56. The highest BCUT2D eigenvalue weighted by Gasteiger charge is 2.13. The number of aryl methyl sites for hydroxylation is 1. The van der Waals surface area contributed by atoms with Crippen LogP contribution in [0, 0.1) is 6.92 Å². The Morgan fingerprint density at radius 3 is 2.30 bits per heavy atom. The highest BCUT2D eigenvalue weighted by atomic mass is 32.1. The highest BCUT2D eigenvalue weighted by molar-refractivity contribution is 7.10. The normalized spacial score (nSPS) is 12.8. The number of thiophene rings is 1. The topological polar surface area (TPSA) is 12.0 Å². The molecule has 1 rings (SSSR count). The van der Waals surface area contributed by atoms with E-state index in [-0.39, 0.29) is 0 Å². The van der Waals surface area contributed by atoms with Gasteiger partial charge in [-0.1, -0.05) is 58.8 Å². The van der Waals surface area contributed by atoms with Gasteiger partial charge in [-0.25, -0.2) is 0 Å². The molecule has 0 fully saturated rings. The van der Waals surface area contributed by atoms with Crippen LogP contribution in [0.4, 0.5) is 0 Å². The molecule has 1 aromatic heterocycles. The molecule has 0 radical (unpaired) electrons. The van der Waals surface area contributed by atoms with Gasteiger partial charge in [-0.05, 0) is 43.3 Å². The van der Waals surface area contributed by atoms with Crippen LogP contribution in [-0.4, -0.2) is 6.54 Å². The van der Waals surface area contributed by atoms with Crippen molar-refractivity contribution in [3.05, 3.63) is 21.9 Å². The zero-order valence-electron chi connectivity index (χ0n) is 13.7. The average molecular weight is 296 g/mol. The van der Waals surface area contributed by atoms with Crippen LogP contribution in [0.2, 0.25) is 0 Å². The van der Waals surface area contributed by atoms with Gasteiger partial charge in [0.15, 0.2) is 0 Å². The van der Waals surface area contributed by atoms with Gasteiger partial charge in [0.2, 0.25) is 0 Å². The largest absolute Gasteiger partial charge is 0.309 e. The van der Waals surface area contributed by atoms with E-state index in [2.05, 4.69) is 37.5 Å². The first-order valence-corrected chi connectivity index (χ1v) is 9.44. The quantitative estimate of drug-likeness (QED) is 0.450. The SMILES string of the molecule is CCCCCCCCCC(NCCC)c1sccc1C. The maximum absolute atomic E-state index is 3.73. The molecule has 1 atom stereocenters. The molecule has 1 heterocycles. The molecule has 1 N–H and O–H groups in total. The minimum atomic E-state index is 0.589. The standard InChI is InChI=1S/C18H33NS/c1-4-6-7-8-9-10-11-12-17(19-14-5-2)18-16(3)13-15-20-18/h13,15,17,19H,4-12,14H2,1-3H3. The lowest BCUT2D eigenvalue weighted by Crippen LogP contribution is -2.21. The minimum Gasteiger partial charge on any atom is -0.309 e. The summed E-state index contributed by atoms with van der Waals surface area (Å²) in [6, 6.07) is 2.84. The number of nitrogens with one attached hydrogen (secondary N) is 1. The second kappa shape index (κ2) is 11.3. The Hall–Kier alpha value is -0.340. The third kappa shape index (κ3) is 6.90. The van der Waals surface area contributed by atoms with E-state index in [0.717, 1.165) is 6.54 Å². The third-order valence-electron chi connectivity index (χ3n) is 3.96. The summed E-state index contributed by atoms with van der Waals surface area (Å²) in [6.45, 7) is 7.92. The maximum Gasteiger partial charge on any atom is 0.0417 e. The van der Waals surface area contributed by atoms with Crippen LogP contribution in [-0.2, 0) is 0 Å². The van der Waals surface area contributed by atoms with Gasteiger partial charge in [-0.3, -0.25) is 0 Å². The molecule has 20 heavy (non-hydrogen) atoms. The second-order valence-electron chi connectivity index (χ2n) is 5.88. The first kappa shape index (κ1) is 17.7. The first-order chi connectivity index (χ1) is 9.79. The van der Waals surface area contributed by atoms with Crippen molar-refractivity contribution < 1.29 is 0 Å². The second-order valence-corrected chi connectivity index (χ2v) is 6.83. The van der Waals surface area contributed by atoms with Crippen molar-refractivity contribution >= 4 is 11.3 Å². The molecule has 0 spiro atoms. The molecule has 0 aliphatic heterocycles. The van der Waals surface area contributed by atoms with Gasteiger partial charge in [0.25, 0.3) is 0 Å². The Labute approximate surface area is 130 Å². The fraction of sp³-hybridized carbons (Fsp3) is 0.778. The first-order valence-electron chi connectivity index (χ1n) is 8.57. The predicted molar refractivity (Wildman–Crippen MR) is 92.7 cm³/mol. The lowest BCUT2D eigenvalue weighted by Gasteiger charge is -2.18. The summed E-state index contributed by atoms with van der Waals surface area (Å²) in [5, 5.41) is 5.97. The zero-order chi connectivity index (χ0) is 14.6. The molecule has 1 aromatic rings. The van der Waals surface area contributed by atoms with Crippen molar-refractivity contribution in [1.82, 2.24) is 5.32 Å². The number of hydrogen-bond donors (Lipinski definition) is 1. The fourth-order valence-corrected chi connectivity index (χ4v) is 3.73. The Bertz CT molecular complexity index is 332. The van der Waals surface area contributed by atoms with E-state index in [1.54, 1.807) is 4.88 Å². The molecular weight excluding hydrogens is 262 g/mol. The van der Waals surface area contributed by atoms with Crippen molar-refractivity contribution in [3.63, 3.8) is 0 Å². The Morgan fingerprint density at radius 2 is 1.70 bits per heavy atom. The molecule has 2 heteroatoms. The molecule has 0 aromatic carbocycles. The summed E-state index contributed by atoms with van der Waals surface area (Å²) in [7, 11) is 0. The lowest BCUT2D eigenvalue weighted by atomic mass is 10.0. The molecule has 0 saturated heterocycles. The number of hydrogen-bond acceptors (Lipinski definition) is 2. The summed E-state index contributed by atoms with van der Waals surface area (Å²) < 4.78 is 0. The van der Waals surface area contributed by atoms with Gasteiger partial charge in [0.1, 0.15) is 0 Å². The third-order valence-corrected chi connectivity index (χ3v) is 5.09. The average Bonchev–Trinajstić information content (AvgIpc) is 2.87. The van der Waals surface area contributed by atoms with Crippen molar-refractivity contribution in [2.45, 2.75) is 84.6 Å². The fourth-order valence-electron chi connectivity index (χ4n) is 2.69. The Kier molecular flexibility index (Phi) is 10.0. The van der Waals surface area contributed by atoms with E-state index in [1.165, 1.54) is 63.4 Å². The maximum atomic E-state index is 3.73. The molecule has 0 bridgehead atoms. The van der Waals surface area contributed by atoms with E-state index < -0.39 is 0 Å². The van der Waals surface area contributed by atoms with E-state index in [1.807, 2.05) is 11.3 Å². The van der Waals surface area contributed by atoms with Crippen molar-refractivity contribution in [2.24, 2.45) is 0 Å². The van der Waals surface area contributed by atoms with Crippen LogP contribution < -0.4 is 5.32 Å². The Morgan fingerprint density at radius 1 is 1.00 bits per heavy atom. The summed E-state index contributed by atoms with van der Waals surface area (Å²) in [5.41, 5.74) is 1.46. The highest BCUT2D eigenvalue weighted by Crippen LogP contribution is 2.28. The molecule has 0 saturated carbocycles. The van der Waals surface area contributed by atoms with Crippen LogP contribution in [0.15, 0.2) is 11.4 Å². The molecule has 0 amide bonds. The van der Waals surface area contributed by atoms with Gasteiger partial charge in [0.05, 0.1) is 0 Å². The van der Waals surface area contributed by atoms with E-state index >= 15 is 0 Å². The molecular formula is C18H33NS. The zero-order valence-corrected chi connectivity index (χ0v) is 14.5. The summed E-state index contributed by atoms with van der Waals surface area (Å²) in [5.74, 6) is 0. The summed E-state index contributed by atoms with van der Waals surface area (Å²) >= 11 is 1.92. The van der Waals surface area contributed by atoms with E-state index in [9.17, 15) is 0 Å². The van der Waals surface area contributed by atoms with Crippen LogP contribution in [0.25, 0.3) is 0 Å². The van der Waals surface area contributed by atoms with Gasteiger partial charge >= 0.3 is 0 Å². The minimum absolute atomic E-state index is 0.589. The molecule has 1 nitrogen and oxygen atoms in total. The Balaban J connectivity index is 2.26. The number of rotatable bonds is 12. The van der Waals surface area contributed by atoms with Crippen molar-refractivity contribution in [2.75, 3.05) is 6.54 Å². The molecule has 1 unspecified atom stereocenters. The van der Waals surface area contributed by atoms with Crippen LogP contribution in [0.3, 0.4) is 0 Å². The van der Waals surface area contributed by atoms with Gasteiger partial charge in [-0.2, -0.15) is 0 Å².